The third-order valence-electron chi connectivity index (χ3n) is 5.75. The van der Waals surface area contributed by atoms with Crippen molar-refractivity contribution in [3.8, 4) is 5.75 Å². The molecule has 9 heteroatoms. The average molecular weight is 412 g/mol. The van der Waals surface area contributed by atoms with Gasteiger partial charge in [-0.05, 0) is 37.8 Å². The second kappa shape index (κ2) is 7.17. The largest absolute Gasteiger partial charge is 0.484 e. The third-order valence-corrected chi connectivity index (χ3v) is 6.05. The fourth-order valence-electron chi connectivity index (χ4n) is 4.39. The van der Waals surface area contributed by atoms with Crippen LogP contribution in [0, 0.1) is 5.82 Å². The zero-order valence-electron chi connectivity index (χ0n) is 15.5. The van der Waals surface area contributed by atoms with Gasteiger partial charge in [-0.1, -0.05) is 18.5 Å². The highest BCUT2D eigenvalue weighted by Crippen LogP contribution is 2.60. The van der Waals surface area contributed by atoms with E-state index < -0.39 is 11.9 Å². The first-order valence-corrected chi connectivity index (χ1v) is 9.82. The number of nitrogens with one attached hydrogen (secondary N) is 3. The maximum Gasteiger partial charge on any atom is 0.258 e. The van der Waals surface area contributed by atoms with Gasteiger partial charge in [-0.25, -0.2) is 4.39 Å². The highest BCUT2D eigenvalue weighted by molar-refractivity contribution is 6.30. The van der Waals surface area contributed by atoms with Crippen molar-refractivity contribution in [2.45, 2.75) is 62.3 Å². The molecule has 7 nitrogen and oxygen atoms in total. The molecule has 1 aromatic rings. The van der Waals surface area contributed by atoms with E-state index in [2.05, 4.69) is 16.1 Å². The fraction of sp³-hybridized carbons (Fsp3) is 0.579. The van der Waals surface area contributed by atoms with E-state index in [4.69, 9.17) is 21.2 Å². The van der Waals surface area contributed by atoms with Crippen LogP contribution in [0.15, 0.2) is 18.2 Å². The van der Waals surface area contributed by atoms with Gasteiger partial charge < -0.3 is 15.4 Å². The lowest BCUT2D eigenvalue weighted by Crippen LogP contribution is -2.84. The van der Waals surface area contributed by atoms with Crippen molar-refractivity contribution in [2.75, 3.05) is 6.61 Å². The standard InChI is InChI=1S/C19H23ClFN3O4/c1-2-11-5-15(28-24-11)17(26)23-19-8-18(9-19,10-19)22-16(25)7-27-12-3-4-13(20)14(21)6-12/h3-4,6,11,15,24H,2,5,7-10H2,1H3,(H,22,25)(H,23,26). The van der Waals surface area contributed by atoms with E-state index in [1.54, 1.807) is 0 Å². The Balaban J connectivity index is 1.19. The third kappa shape index (κ3) is 3.68. The molecular weight excluding hydrogens is 389 g/mol. The molecule has 0 aromatic heterocycles. The van der Waals surface area contributed by atoms with E-state index in [0.29, 0.717) is 25.7 Å². The molecule has 0 radical (unpaired) electrons. The van der Waals surface area contributed by atoms with Crippen LogP contribution >= 0.6 is 11.6 Å². The molecule has 2 atom stereocenters. The van der Waals surface area contributed by atoms with E-state index in [1.165, 1.54) is 12.1 Å². The van der Waals surface area contributed by atoms with Crippen LogP contribution in [0.5, 0.6) is 5.75 Å². The van der Waals surface area contributed by atoms with Crippen LogP contribution in [0.25, 0.3) is 0 Å². The van der Waals surface area contributed by atoms with Gasteiger partial charge in [0.1, 0.15) is 11.6 Å². The predicted octanol–water partition coefficient (Wildman–Crippen LogP) is 1.84. The fourth-order valence-corrected chi connectivity index (χ4v) is 4.50. The Morgan fingerprint density at radius 2 is 2.04 bits per heavy atom. The molecule has 28 heavy (non-hydrogen) atoms. The summed E-state index contributed by atoms with van der Waals surface area (Å²) >= 11 is 5.62. The van der Waals surface area contributed by atoms with Crippen molar-refractivity contribution < 1.29 is 23.6 Å². The van der Waals surface area contributed by atoms with Crippen LogP contribution in [-0.4, -0.2) is 41.6 Å². The van der Waals surface area contributed by atoms with Crippen molar-refractivity contribution in [1.82, 2.24) is 16.1 Å². The van der Waals surface area contributed by atoms with Crippen molar-refractivity contribution in [1.29, 1.82) is 0 Å². The molecule has 3 N–H and O–H groups in total. The maximum absolute atomic E-state index is 13.4. The molecule has 152 valence electrons. The van der Waals surface area contributed by atoms with Crippen LogP contribution < -0.4 is 20.9 Å². The Morgan fingerprint density at radius 1 is 1.32 bits per heavy atom. The number of ether oxygens (including phenoxy) is 1. The average Bonchev–Trinajstić information content (AvgIpc) is 3.09. The monoisotopic (exact) mass is 411 g/mol. The summed E-state index contributed by atoms with van der Waals surface area (Å²) in [6, 6.07) is 4.24. The molecule has 1 heterocycles. The summed E-state index contributed by atoms with van der Waals surface area (Å²) in [4.78, 5) is 29.8. The Labute approximate surface area is 167 Å². The molecule has 3 aliphatic carbocycles. The van der Waals surface area contributed by atoms with Crippen LogP contribution in [0.3, 0.4) is 0 Å². The molecule has 4 aliphatic rings. The Kier molecular flexibility index (Phi) is 4.97. The number of rotatable bonds is 7. The summed E-state index contributed by atoms with van der Waals surface area (Å²) in [5, 5.41) is 6.03. The minimum Gasteiger partial charge on any atom is -0.484 e. The predicted molar refractivity (Wildman–Crippen MR) is 99.2 cm³/mol. The van der Waals surface area contributed by atoms with E-state index in [1.807, 2.05) is 6.92 Å². The number of hydrogen-bond donors (Lipinski definition) is 3. The molecule has 0 spiro atoms. The first-order valence-electron chi connectivity index (χ1n) is 9.44. The number of hydroxylamine groups is 1. The number of carbonyl (C=O) groups excluding carboxylic acids is 2. The summed E-state index contributed by atoms with van der Waals surface area (Å²) in [6.45, 7) is 1.84. The molecular formula is C19H23ClFN3O4. The highest BCUT2D eigenvalue weighted by Gasteiger charge is 2.69. The second-order valence-corrected chi connectivity index (χ2v) is 8.47. The second-order valence-electron chi connectivity index (χ2n) is 8.06. The number of halogens is 2. The van der Waals surface area contributed by atoms with Gasteiger partial charge in [0.25, 0.3) is 11.8 Å². The van der Waals surface area contributed by atoms with Crippen LogP contribution in [0.4, 0.5) is 4.39 Å². The lowest BCUT2D eigenvalue weighted by molar-refractivity contribution is -0.156. The first-order chi connectivity index (χ1) is 13.3. The van der Waals surface area contributed by atoms with E-state index in [9.17, 15) is 14.0 Å². The Hall–Kier alpha value is -1.90. The van der Waals surface area contributed by atoms with E-state index >= 15 is 0 Å². The minimum absolute atomic E-state index is 0.00186. The summed E-state index contributed by atoms with van der Waals surface area (Å²) in [7, 11) is 0. The lowest BCUT2D eigenvalue weighted by Gasteiger charge is -2.70. The molecule has 3 saturated carbocycles. The van der Waals surface area contributed by atoms with Crippen molar-refractivity contribution >= 4 is 23.4 Å². The number of benzene rings is 1. The molecule has 2 bridgehead atoms. The summed E-state index contributed by atoms with van der Waals surface area (Å²) in [5.74, 6) is -0.724. The summed E-state index contributed by atoms with van der Waals surface area (Å²) in [6.07, 6.45) is 3.22. The number of hydrogen-bond acceptors (Lipinski definition) is 5. The van der Waals surface area contributed by atoms with Gasteiger partial charge in [0.15, 0.2) is 12.7 Å². The summed E-state index contributed by atoms with van der Waals surface area (Å²) < 4.78 is 18.7. The molecule has 1 aliphatic heterocycles. The van der Waals surface area contributed by atoms with Crippen molar-refractivity contribution in [2.24, 2.45) is 0 Å². The maximum atomic E-state index is 13.4. The normalized spacial score (nSPS) is 32.8. The molecule has 2 amide bonds. The first kappa shape index (κ1) is 19.4. The van der Waals surface area contributed by atoms with Gasteiger partial charge in [0, 0.05) is 29.6 Å². The molecule has 1 saturated heterocycles. The van der Waals surface area contributed by atoms with Crippen LogP contribution in [0.2, 0.25) is 5.02 Å². The SMILES string of the molecule is CCC1CC(C(=O)NC23CC(NC(=O)COc4ccc(Cl)c(F)c4)(C2)C3)ON1. The molecule has 2 unspecified atom stereocenters. The van der Waals surface area contributed by atoms with Gasteiger partial charge in [0.2, 0.25) is 0 Å². The van der Waals surface area contributed by atoms with E-state index in [-0.39, 0.29) is 46.3 Å². The Bertz CT molecular complexity index is 786. The zero-order chi connectivity index (χ0) is 19.9. The number of amides is 2. The van der Waals surface area contributed by atoms with Gasteiger partial charge in [0.05, 0.1) is 5.02 Å². The van der Waals surface area contributed by atoms with Gasteiger partial charge in [-0.2, -0.15) is 5.48 Å². The topological polar surface area (TPSA) is 88.7 Å². The smallest absolute Gasteiger partial charge is 0.258 e. The zero-order valence-corrected chi connectivity index (χ0v) is 16.3. The summed E-state index contributed by atoms with van der Waals surface area (Å²) in [5.41, 5.74) is 2.36. The Morgan fingerprint density at radius 3 is 2.68 bits per heavy atom. The number of carbonyl (C=O) groups is 2. The van der Waals surface area contributed by atoms with Gasteiger partial charge in [-0.15, -0.1) is 0 Å². The van der Waals surface area contributed by atoms with Crippen molar-refractivity contribution in [3.05, 3.63) is 29.0 Å². The highest BCUT2D eigenvalue weighted by atomic mass is 35.5. The molecule has 4 fully saturated rings. The van der Waals surface area contributed by atoms with Crippen LogP contribution in [-0.2, 0) is 14.4 Å². The van der Waals surface area contributed by atoms with Gasteiger partial charge in [-0.3, -0.25) is 14.4 Å². The lowest BCUT2D eigenvalue weighted by atomic mass is 9.44. The molecule has 5 rings (SSSR count). The van der Waals surface area contributed by atoms with E-state index in [0.717, 1.165) is 12.5 Å². The van der Waals surface area contributed by atoms with Crippen LogP contribution in [0.1, 0.15) is 39.0 Å². The quantitative estimate of drug-likeness (QED) is 0.637. The molecule has 1 aromatic carbocycles. The van der Waals surface area contributed by atoms with Crippen molar-refractivity contribution in [3.63, 3.8) is 0 Å². The van der Waals surface area contributed by atoms with Gasteiger partial charge >= 0.3 is 0 Å². The minimum atomic E-state index is -0.594.